The standard InChI is InChI=1S/C30H32N2O5/c1-19(2)16-26(28(33)31-27(29(34)35)17-20-10-4-3-5-11-20)32-30(36)37-18-25-23-14-8-6-12-21(23)22-13-7-9-15-24(22)25/h3-15,19,25-27H,16-18H2,1-2H3,(H,31,33)(H,32,36)(H,34,35)/t26-,27+/m0/s1. The lowest BCUT2D eigenvalue weighted by Crippen LogP contribution is -2.52. The molecule has 1 aliphatic carbocycles. The van der Waals surface area contributed by atoms with Crippen molar-refractivity contribution < 1.29 is 24.2 Å². The van der Waals surface area contributed by atoms with Gasteiger partial charge in [-0.1, -0.05) is 92.7 Å². The van der Waals surface area contributed by atoms with Gasteiger partial charge < -0.3 is 20.5 Å². The number of carbonyl (C=O) groups excluding carboxylic acids is 2. The summed E-state index contributed by atoms with van der Waals surface area (Å²) in [6, 6.07) is 23.2. The Hall–Kier alpha value is -4.13. The summed E-state index contributed by atoms with van der Waals surface area (Å²) in [5, 5.41) is 14.9. The minimum absolute atomic E-state index is 0.0852. The fraction of sp³-hybridized carbons (Fsp3) is 0.300. The fourth-order valence-corrected chi connectivity index (χ4v) is 4.81. The summed E-state index contributed by atoms with van der Waals surface area (Å²) in [5.74, 6) is -1.70. The zero-order valence-electron chi connectivity index (χ0n) is 21.0. The maximum absolute atomic E-state index is 13.1. The topological polar surface area (TPSA) is 105 Å². The van der Waals surface area contributed by atoms with E-state index in [0.717, 1.165) is 27.8 Å². The van der Waals surface area contributed by atoms with Crippen molar-refractivity contribution in [3.63, 3.8) is 0 Å². The molecule has 0 fully saturated rings. The van der Waals surface area contributed by atoms with Gasteiger partial charge in [-0.2, -0.15) is 0 Å². The van der Waals surface area contributed by atoms with E-state index < -0.39 is 30.1 Å². The van der Waals surface area contributed by atoms with Crippen molar-refractivity contribution in [2.45, 2.75) is 44.7 Å². The number of ether oxygens (including phenoxy) is 1. The van der Waals surface area contributed by atoms with Crippen LogP contribution in [0.1, 0.15) is 42.9 Å². The molecular weight excluding hydrogens is 468 g/mol. The maximum atomic E-state index is 13.1. The van der Waals surface area contributed by atoms with E-state index in [1.54, 1.807) is 0 Å². The van der Waals surface area contributed by atoms with E-state index >= 15 is 0 Å². The summed E-state index contributed by atoms with van der Waals surface area (Å²) < 4.78 is 5.60. The van der Waals surface area contributed by atoms with Gasteiger partial charge in [0.05, 0.1) is 0 Å². The van der Waals surface area contributed by atoms with Crippen molar-refractivity contribution in [1.29, 1.82) is 0 Å². The minimum Gasteiger partial charge on any atom is -0.480 e. The molecule has 0 unspecified atom stereocenters. The van der Waals surface area contributed by atoms with Gasteiger partial charge in [-0.15, -0.1) is 0 Å². The van der Waals surface area contributed by atoms with Crippen LogP contribution in [0.5, 0.6) is 0 Å². The molecule has 3 N–H and O–H groups in total. The Bertz CT molecular complexity index is 1210. The highest BCUT2D eigenvalue weighted by molar-refractivity contribution is 5.89. The second-order valence-corrected chi connectivity index (χ2v) is 9.74. The van der Waals surface area contributed by atoms with E-state index in [2.05, 4.69) is 22.8 Å². The van der Waals surface area contributed by atoms with Gasteiger partial charge >= 0.3 is 12.1 Å². The van der Waals surface area contributed by atoms with Crippen molar-refractivity contribution in [1.82, 2.24) is 10.6 Å². The average Bonchev–Trinajstić information content (AvgIpc) is 3.20. The Morgan fingerprint density at radius 3 is 1.95 bits per heavy atom. The Morgan fingerprint density at radius 2 is 1.38 bits per heavy atom. The third-order valence-corrected chi connectivity index (χ3v) is 6.56. The SMILES string of the molecule is CC(C)C[C@H](NC(=O)OCC1c2ccccc2-c2ccccc21)C(=O)N[C@H](Cc1ccccc1)C(=O)O. The van der Waals surface area contributed by atoms with Crippen LogP contribution in [0.15, 0.2) is 78.9 Å². The Balaban J connectivity index is 1.41. The number of carboxylic acid groups (broad SMARTS) is 1. The van der Waals surface area contributed by atoms with Crippen molar-refractivity contribution in [2.75, 3.05) is 6.61 Å². The first-order valence-corrected chi connectivity index (χ1v) is 12.5. The lowest BCUT2D eigenvalue weighted by molar-refractivity contribution is -0.142. The number of fused-ring (bicyclic) bond motifs is 3. The number of benzene rings is 3. The molecule has 0 spiro atoms. The highest BCUT2D eigenvalue weighted by atomic mass is 16.5. The number of aliphatic carboxylic acids is 1. The van der Waals surface area contributed by atoms with Crippen LogP contribution in [0, 0.1) is 5.92 Å². The molecule has 0 aliphatic heterocycles. The smallest absolute Gasteiger partial charge is 0.407 e. The number of hydrogen-bond donors (Lipinski definition) is 3. The molecule has 192 valence electrons. The second-order valence-electron chi connectivity index (χ2n) is 9.74. The van der Waals surface area contributed by atoms with E-state index in [9.17, 15) is 19.5 Å². The van der Waals surface area contributed by atoms with Crippen LogP contribution in [-0.2, 0) is 20.7 Å². The lowest BCUT2D eigenvalue weighted by atomic mass is 9.98. The average molecular weight is 501 g/mol. The molecular formula is C30H32N2O5. The van der Waals surface area contributed by atoms with Gasteiger partial charge in [0, 0.05) is 12.3 Å². The molecule has 0 aromatic heterocycles. The summed E-state index contributed by atoms with van der Waals surface area (Å²) in [5.41, 5.74) is 5.24. The molecule has 0 radical (unpaired) electrons. The van der Waals surface area contributed by atoms with E-state index in [4.69, 9.17) is 4.74 Å². The Kier molecular flexibility index (Phi) is 8.23. The van der Waals surface area contributed by atoms with Crippen LogP contribution in [0.25, 0.3) is 11.1 Å². The lowest BCUT2D eigenvalue weighted by Gasteiger charge is -2.23. The normalized spacial score (nSPS) is 13.8. The minimum atomic E-state index is -1.14. The quantitative estimate of drug-likeness (QED) is 0.373. The second kappa shape index (κ2) is 11.7. The molecule has 0 bridgehead atoms. The van der Waals surface area contributed by atoms with Crippen molar-refractivity contribution in [3.8, 4) is 11.1 Å². The van der Waals surface area contributed by atoms with Crippen LogP contribution in [-0.4, -0.2) is 41.8 Å². The highest BCUT2D eigenvalue weighted by Crippen LogP contribution is 2.44. The first kappa shape index (κ1) is 25.9. The molecule has 0 heterocycles. The van der Waals surface area contributed by atoms with Gasteiger partial charge in [0.2, 0.25) is 5.91 Å². The molecule has 1 aliphatic rings. The Morgan fingerprint density at radius 1 is 0.811 bits per heavy atom. The number of carboxylic acids is 1. The van der Waals surface area contributed by atoms with Crippen LogP contribution < -0.4 is 10.6 Å². The number of nitrogens with one attached hydrogen (secondary N) is 2. The van der Waals surface area contributed by atoms with Gasteiger partial charge in [0.1, 0.15) is 18.7 Å². The molecule has 0 saturated heterocycles. The number of amides is 2. The molecule has 3 aromatic rings. The van der Waals surface area contributed by atoms with E-state index in [1.165, 1.54) is 0 Å². The zero-order valence-corrected chi connectivity index (χ0v) is 21.0. The number of rotatable bonds is 10. The van der Waals surface area contributed by atoms with Crippen molar-refractivity contribution in [2.24, 2.45) is 5.92 Å². The van der Waals surface area contributed by atoms with E-state index in [-0.39, 0.29) is 24.9 Å². The van der Waals surface area contributed by atoms with Crippen molar-refractivity contribution in [3.05, 3.63) is 95.6 Å². The van der Waals surface area contributed by atoms with Crippen LogP contribution in [0.2, 0.25) is 0 Å². The van der Waals surface area contributed by atoms with Gasteiger partial charge in [-0.05, 0) is 40.2 Å². The van der Waals surface area contributed by atoms with Gasteiger partial charge in [-0.25, -0.2) is 9.59 Å². The van der Waals surface area contributed by atoms with Crippen LogP contribution in [0.3, 0.4) is 0 Å². The molecule has 0 saturated carbocycles. The van der Waals surface area contributed by atoms with E-state index in [1.807, 2.05) is 80.6 Å². The number of hydrogen-bond acceptors (Lipinski definition) is 4. The van der Waals surface area contributed by atoms with Crippen LogP contribution >= 0.6 is 0 Å². The molecule has 4 rings (SSSR count). The molecule has 7 nitrogen and oxygen atoms in total. The third kappa shape index (κ3) is 6.36. The van der Waals surface area contributed by atoms with Gasteiger partial charge in [0.15, 0.2) is 0 Å². The van der Waals surface area contributed by atoms with E-state index in [0.29, 0.717) is 6.42 Å². The van der Waals surface area contributed by atoms with Crippen molar-refractivity contribution >= 4 is 18.0 Å². The third-order valence-electron chi connectivity index (χ3n) is 6.56. The largest absolute Gasteiger partial charge is 0.480 e. The van der Waals surface area contributed by atoms with Gasteiger partial charge in [-0.3, -0.25) is 4.79 Å². The molecule has 3 aromatic carbocycles. The molecule has 2 amide bonds. The summed E-state index contributed by atoms with van der Waals surface area (Å²) in [4.78, 5) is 37.7. The predicted molar refractivity (Wildman–Crippen MR) is 141 cm³/mol. The summed E-state index contributed by atoms with van der Waals surface area (Å²) in [6.07, 6.45) is -0.229. The first-order valence-electron chi connectivity index (χ1n) is 12.5. The summed E-state index contributed by atoms with van der Waals surface area (Å²) >= 11 is 0. The highest BCUT2D eigenvalue weighted by Gasteiger charge is 2.31. The van der Waals surface area contributed by atoms with Crippen LogP contribution in [0.4, 0.5) is 4.79 Å². The number of carbonyl (C=O) groups is 3. The molecule has 2 atom stereocenters. The molecule has 7 heteroatoms. The monoisotopic (exact) mass is 500 g/mol. The van der Waals surface area contributed by atoms with Gasteiger partial charge in [0.25, 0.3) is 0 Å². The summed E-state index contributed by atoms with van der Waals surface area (Å²) in [7, 11) is 0. The summed E-state index contributed by atoms with van der Waals surface area (Å²) in [6.45, 7) is 3.98. The number of alkyl carbamates (subject to hydrolysis) is 1. The molecule has 37 heavy (non-hydrogen) atoms. The maximum Gasteiger partial charge on any atom is 0.407 e. The Labute approximate surface area is 216 Å². The first-order chi connectivity index (χ1) is 17.8. The predicted octanol–water partition coefficient (Wildman–Crippen LogP) is 4.75. The zero-order chi connectivity index (χ0) is 26.4. The fourth-order valence-electron chi connectivity index (χ4n) is 4.81.